The minimum Gasteiger partial charge on any atom is -0.316 e. The zero-order valence-electron chi connectivity index (χ0n) is 11.1. The standard InChI is InChI=1S/C13H14FN3O2S.ClH/c14-13-2-1-12(3-9(13)4-15)20(18,19)17-7-10-5-16-6-11(10)8-17;/h1-3,10-11,16H,5-8H2;1H/t10-,11+;. The Hall–Kier alpha value is -1.20. The van der Waals surface area contributed by atoms with Crippen molar-refractivity contribution >= 4 is 22.4 Å². The lowest BCUT2D eigenvalue weighted by atomic mass is 10.0. The maximum absolute atomic E-state index is 13.3. The van der Waals surface area contributed by atoms with E-state index in [0.29, 0.717) is 24.9 Å². The SMILES string of the molecule is Cl.N#Cc1cc(S(=O)(=O)N2C[C@H]3CNC[C@H]3C2)ccc1F. The second-order valence-electron chi connectivity index (χ2n) is 5.25. The van der Waals surface area contributed by atoms with Gasteiger partial charge in [0, 0.05) is 13.1 Å². The van der Waals surface area contributed by atoms with Crippen LogP contribution in [0.25, 0.3) is 0 Å². The Labute approximate surface area is 129 Å². The van der Waals surface area contributed by atoms with Gasteiger partial charge in [-0.05, 0) is 43.1 Å². The van der Waals surface area contributed by atoms with Gasteiger partial charge in [-0.25, -0.2) is 12.8 Å². The summed E-state index contributed by atoms with van der Waals surface area (Å²) in [5, 5.41) is 12.0. The smallest absolute Gasteiger partial charge is 0.243 e. The Balaban J connectivity index is 0.00000161. The second kappa shape index (κ2) is 5.89. The van der Waals surface area contributed by atoms with Gasteiger partial charge in [0.2, 0.25) is 10.0 Å². The Morgan fingerprint density at radius 2 is 1.90 bits per heavy atom. The van der Waals surface area contributed by atoms with Crippen molar-refractivity contribution in [2.45, 2.75) is 4.90 Å². The van der Waals surface area contributed by atoms with Gasteiger partial charge in [-0.15, -0.1) is 12.4 Å². The number of hydrogen-bond acceptors (Lipinski definition) is 4. The van der Waals surface area contributed by atoms with Gasteiger partial charge in [-0.1, -0.05) is 0 Å². The molecule has 2 fully saturated rings. The molecule has 1 N–H and O–H groups in total. The minimum absolute atomic E-state index is 0. The Morgan fingerprint density at radius 3 is 2.48 bits per heavy atom. The van der Waals surface area contributed by atoms with Crippen molar-refractivity contribution in [3.05, 3.63) is 29.6 Å². The number of nitrogens with one attached hydrogen (secondary N) is 1. The lowest BCUT2D eigenvalue weighted by molar-refractivity contribution is 0.448. The summed E-state index contributed by atoms with van der Waals surface area (Å²) in [7, 11) is -3.64. The van der Waals surface area contributed by atoms with Gasteiger partial charge in [0.25, 0.3) is 0 Å². The van der Waals surface area contributed by atoms with Crippen LogP contribution in [0.2, 0.25) is 0 Å². The second-order valence-corrected chi connectivity index (χ2v) is 7.19. The van der Waals surface area contributed by atoms with Crippen molar-refractivity contribution in [3.63, 3.8) is 0 Å². The zero-order valence-corrected chi connectivity index (χ0v) is 12.8. The Kier molecular flexibility index (Phi) is 4.54. The van der Waals surface area contributed by atoms with E-state index in [-0.39, 0.29) is 22.9 Å². The van der Waals surface area contributed by atoms with Gasteiger partial charge in [0.05, 0.1) is 10.5 Å². The zero-order chi connectivity index (χ0) is 14.3. The molecule has 3 rings (SSSR count). The molecule has 0 saturated carbocycles. The molecule has 2 atom stereocenters. The predicted octanol–water partition coefficient (Wildman–Crippen LogP) is 0.959. The molecular formula is C13H15ClFN3O2S. The maximum atomic E-state index is 13.3. The van der Waals surface area contributed by atoms with Crippen molar-refractivity contribution < 1.29 is 12.8 Å². The molecule has 1 aromatic rings. The Morgan fingerprint density at radius 1 is 1.29 bits per heavy atom. The molecular weight excluding hydrogens is 317 g/mol. The van der Waals surface area contributed by atoms with Gasteiger partial charge in [-0.2, -0.15) is 9.57 Å². The van der Waals surface area contributed by atoms with E-state index in [1.54, 1.807) is 6.07 Å². The van der Waals surface area contributed by atoms with Crippen molar-refractivity contribution in [1.82, 2.24) is 9.62 Å². The van der Waals surface area contributed by atoms with E-state index in [2.05, 4.69) is 5.32 Å². The van der Waals surface area contributed by atoms with E-state index < -0.39 is 15.8 Å². The van der Waals surface area contributed by atoms with Crippen LogP contribution >= 0.6 is 12.4 Å². The van der Waals surface area contributed by atoms with Crippen LogP contribution in [-0.2, 0) is 10.0 Å². The molecule has 0 aromatic heterocycles. The Bertz CT molecular complexity index is 677. The number of fused-ring (bicyclic) bond motifs is 1. The average Bonchev–Trinajstić information content (AvgIpc) is 2.99. The summed E-state index contributed by atoms with van der Waals surface area (Å²) in [6.45, 7) is 2.64. The molecule has 2 heterocycles. The summed E-state index contributed by atoms with van der Waals surface area (Å²) in [4.78, 5) is -0.0108. The normalized spacial score (nSPS) is 25.1. The van der Waals surface area contributed by atoms with Crippen molar-refractivity contribution in [1.29, 1.82) is 5.26 Å². The van der Waals surface area contributed by atoms with E-state index in [1.165, 1.54) is 10.4 Å². The fraction of sp³-hybridized carbons (Fsp3) is 0.462. The largest absolute Gasteiger partial charge is 0.316 e. The van der Waals surface area contributed by atoms with Crippen LogP contribution < -0.4 is 5.32 Å². The highest BCUT2D eigenvalue weighted by molar-refractivity contribution is 7.89. The van der Waals surface area contributed by atoms with E-state index in [0.717, 1.165) is 25.2 Å². The van der Waals surface area contributed by atoms with Gasteiger partial charge >= 0.3 is 0 Å². The third-order valence-electron chi connectivity index (χ3n) is 4.05. The van der Waals surface area contributed by atoms with E-state index >= 15 is 0 Å². The number of hydrogen-bond donors (Lipinski definition) is 1. The van der Waals surface area contributed by atoms with Crippen LogP contribution in [0.4, 0.5) is 4.39 Å². The summed E-state index contributed by atoms with van der Waals surface area (Å²) in [5.41, 5.74) is -0.243. The van der Waals surface area contributed by atoms with E-state index in [9.17, 15) is 12.8 Å². The molecule has 0 unspecified atom stereocenters. The predicted molar refractivity (Wildman–Crippen MR) is 77.0 cm³/mol. The molecule has 0 spiro atoms. The lowest BCUT2D eigenvalue weighted by Crippen LogP contribution is -2.32. The highest BCUT2D eigenvalue weighted by atomic mass is 35.5. The summed E-state index contributed by atoms with van der Waals surface area (Å²) in [5.74, 6) is -0.00439. The van der Waals surface area contributed by atoms with Crippen LogP contribution in [0.15, 0.2) is 23.1 Å². The lowest BCUT2D eigenvalue weighted by Gasteiger charge is -2.17. The highest BCUT2D eigenvalue weighted by Crippen LogP contribution is 2.31. The number of nitriles is 1. The fourth-order valence-electron chi connectivity index (χ4n) is 2.91. The molecule has 5 nitrogen and oxygen atoms in total. The molecule has 2 aliphatic heterocycles. The molecule has 0 aliphatic carbocycles. The van der Waals surface area contributed by atoms with Crippen molar-refractivity contribution in [2.75, 3.05) is 26.2 Å². The molecule has 2 aliphatic rings. The third kappa shape index (κ3) is 2.77. The molecule has 0 bridgehead atoms. The molecule has 114 valence electrons. The van der Waals surface area contributed by atoms with Gasteiger partial charge < -0.3 is 5.32 Å². The monoisotopic (exact) mass is 331 g/mol. The number of rotatable bonds is 2. The van der Waals surface area contributed by atoms with Crippen LogP contribution in [-0.4, -0.2) is 38.9 Å². The molecule has 0 radical (unpaired) electrons. The van der Waals surface area contributed by atoms with E-state index in [1.807, 2.05) is 0 Å². The fourth-order valence-corrected chi connectivity index (χ4v) is 4.49. The summed E-state index contributed by atoms with van der Waals surface area (Å²) >= 11 is 0. The number of nitrogens with zero attached hydrogens (tertiary/aromatic N) is 2. The molecule has 8 heteroatoms. The van der Waals surface area contributed by atoms with Gasteiger partial charge in [-0.3, -0.25) is 0 Å². The maximum Gasteiger partial charge on any atom is 0.243 e. The van der Waals surface area contributed by atoms with Crippen LogP contribution in [0.3, 0.4) is 0 Å². The van der Waals surface area contributed by atoms with E-state index in [4.69, 9.17) is 5.26 Å². The summed E-state index contributed by atoms with van der Waals surface area (Å²) in [6.07, 6.45) is 0. The van der Waals surface area contributed by atoms with Gasteiger partial charge in [0.1, 0.15) is 11.9 Å². The summed E-state index contributed by atoms with van der Waals surface area (Å²) in [6, 6.07) is 5.03. The first-order valence-electron chi connectivity index (χ1n) is 6.43. The first-order chi connectivity index (χ1) is 9.52. The molecule has 21 heavy (non-hydrogen) atoms. The molecule has 2 saturated heterocycles. The number of benzene rings is 1. The first kappa shape index (κ1) is 16.2. The number of halogens is 2. The van der Waals surface area contributed by atoms with Crippen molar-refractivity contribution in [3.8, 4) is 6.07 Å². The van der Waals surface area contributed by atoms with Gasteiger partial charge in [0.15, 0.2) is 0 Å². The molecule has 1 aromatic carbocycles. The van der Waals surface area contributed by atoms with Crippen LogP contribution in [0, 0.1) is 29.0 Å². The quantitative estimate of drug-likeness (QED) is 0.876. The third-order valence-corrected chi connectivity index (χ3v) is 5.88. The number of sulfonamides is 1. The van der Waals surface area contributed by atoms with Crippen LogP contribution in [0.5, 0.6) is 0 Å². The highest BCUT2D eigenvalue weighted by Gasteiger charge is 2.41. The minimum atomic E-state index is -3.64. The van der Waals surface area contributed by atoms with Crippen LogP contribution in [0.1, 0.15) is 5.56 Å². The summed E-state index contributed by atoms with van der Waals surface area (Å²) < 4.78 is 39.8. The van der Waals surface area contributed by atoms with Crippen molar-refractivity contribution in [2.24, 2.45) is 11.8 Å². The topological polar surface area (TPSA) is 73.2 Å². The average molecular weight is 332 g/mol. The first-order valence-corrected chi connectivity index (χ1v) is 7.87. The molecule has 0 amide bonds.